The van der Waals surface area contributed by atoms with Gasteiger partial charge in [0.2, 0.25) is 0 Å². The summed E-state index contributed by atoms with van der Waals surface area (Å²) in [6.07, 6.45) is 17.2. The molecule has 1 aliphatic heterocycles. The predicted molar refractivity (Wildman–Crippen MR) is 238 cm³/mol. The van der Waals surface area contributed by atoms with E-state index in [1.807, 2.05) is 26.1 Å². The zero-order valence-electron chi connectivity index (χ0n) is 36.9. The van der Waals surface area contributed by atoms with Gasteiger partial charge < -0.3 is 45.6 Å². The molecule has 0 unspecified atom stereocenters. The largest absolute Gasteiger partial charge is 0.396 e. The Labute approximate surface area is 359 Å². The lowest BCUT2D eigenvalue weighted by molar-refractivity contribution is -0.194. The van der Waals surface area contributed by atoms with Crippen molar-refractivity contribution in [3.63, 3.8) is 0 Å². The molecule has 1 aromatic rings. The Balaban J connectivity index is 1.48. The van der Waals surface area contributed by atoms with Crippen LogP contribution in [-0.2, 0) is 27.1 Å². The summed E-state index contributed by atoms with van der Waals surface area (Å²) in [6.45, 7) is 12.4. The fraction of sp³-hybridized carbons (Fsp3) is 0.620. The molecular weight excluding hydrogens is 757 g/mol. The maximum Gasteiger partial charge on any atom is 0.145 e. The molecular formula is C50H74N2O8. The number of fused-ring (bicyclic) bond motifs is 5. The van der Waals surface area contributed by atoms with Gasteiger partial charge in [-0.2, -0.15) is 0 Å². The highest BCUT2D eigenvalue weighted by Gasteiger charge is 2.68. The highest BCUT2D eigenvalue weighted by Crippen LogP contribution is 2.67. The maximum atomic E-state index is 12.9. The van der Waals surface area contributed by atoms with Crippen LogP contribution < -0.4 is 10.6 Å². The molecule has 0 radical (unpaired) electrons. The number of methoxy groups -OCH3 is 1. The van der Waals surface area contributed by atoms with Crippen LogP contribution >= 0.6 is 0 Å². The Morgan fingerprint density at radius 1 is 1.18 bits per heavy atom. The molecule has 60 heavy (non-hydrogen) atoms. The second-order valence-electron chi connectivity index (χ2n) is 18.5. The first-order valence-corrected chi connectivity index (χ1v) is 22.2. The minimum absolute atomic E-state index is 0.0536. The Bertz CT molecular complexity index is 1770. The number of aldehydes is 1. The van der Waals surface area contributed by atoms with Crippen LogP contribution in [0.15, 0.2) is 95.2 Å². The van der Waals surface area contributed by atoms with E-state index in [4.69, 9.17) is 9.47 Å². The monoisotopic (exact) mass is 831 g/mol. The molecule has 0 saturated heterocycles. The van der Waals surface area contributed by atoms with Crippen LogP contribution in [-0.4, -0.2) is 115 Å². The summed E-state index contributed by atoms with van der Waals surface area (Å²) in [7, 11) is 3.61. The van der Waals surface area contributed by atoms with E-state index in [-0.39, 0.29) is 49.0 Å². The molecule has 4 aliphatic rings. The first-order chi connectivity index (χ1) is 28.8. The average Bonchev–Trinajstić information content (AvgIpc) is 3.58. The highest BCUT2D eigenvalue weighted by molar-refractivity contribution is 5.74. The molecule has 2 fully saturated rings. The van der Waals surface area contributed by atoms with Crippen LogP contribution in [0, 0.1) is 35.0 Å². The van der Waals surface area contributed by atoms with Crippen LogP contribution in [0.2, 0.25) is 0 Å². The Kier molecular flexibility index (Phi) is 17.5. The van der Waals surface area contributed by atoms with E-state index in [1.54, 1.807) is 7.11 Å². The number of aliphatic hydroxyl groups is 5. The van der Waals surface area contributed by atoms with Gasteiger partial charge in [-0.3, -0.25) is 4.79 Å². The molecule has 332 valence electrons. The molecule has 0 aromatic heterocycles. The molecule has 10 atom stereocenters. The van der Waals surface area contributed by atoms with Gasteiger partial charge in [-0.25, -0.2) is 0 Å². The van der Waals surface area contributed by atoms with E-state index in [0.717, 1.165) is 55.2 Å². The van der Waals surface area contributed by atoms with Gasteiger partial charge in [0.15, 0.2) is 0 Å². The SMILES string of the molecule is C=C(/C=C/C=C(/COC[C@H](O)CO)[C@@H]1CC[C@]2([C@@H]1O)[C@@H]1C(=C(C)C=O)[C@@H](C=C[C@H]1CCO)C[C@]2(O)CCNC)[C@H]1C/C=C(\C)CN[C@@](C)(CCOC)Cc2cccc(c2)C1. The summed E-state index contributed by atoms with van der Waals surface area (Å²) >= 11 is 0. The minimum atomic E-state index is -1.26. The lowest BCUT2D eigenvalue weighted by atomic mass is 9.45. The van der Waals surface area contributed by atoms with Crippen molar-refractivity contribution < 1.29 is 39.8 Å². The van der Waals surface area contributed by atoms with E-state index in [9.17, 15) is 30.3 Å². The number of nitrogens with one attached hydrogen (secondary N) is 2. The van der Waals surface area contributed by atoms with Gasteiger partial charge in [0.05, 0.1) is 31.5 Å². The molecule has 1 heterocycles. The molecule has 4 bridgehead atoms. The fourth-order valence-corrected chi connectivity index (χ4v) is 11.0. The molecule has 1 spiro atoms. The number of aliphatic hydroxyl groups excluding tert-OH is 4. The van der Waals surface area contributed by atoms with Crippen LogP contribution in [0.3, 0.4) is 0 Å². The lowest BCUT2D eigenvalue weighted by Gasteiger charge is -2.61. The van der Waals surface area contributed by atoms with Gasteiger partial charge in [-0.05, 0) is 132 Å². The van der Waals surface area contributed by atoms with Gasteiger partial charge in [-0.1, -0.05) is 84.0 Å². The molecule has 0 amide bonds. The van der Waals surface area contributed by atoms with Crippen molar-refractivity contribution in [1.82, 2.24) is 10.6 Å². The molecule has 3 aliphatic carbocycles. The van der Waals surface area contributed by atoms with Gasteiger partial charge >= 0.3 is 0 Å². The molecule has 10 heteroatoms. The first-order valence-electron chi connectivity index (χ1n) is 22.2. The third-order valence-electron chi connectivity index (χ3n) is 14.3. The lowest BCUT2D eigenvalue weighted by Crippen LogP contribution is -2.65. The molecule has 5 rings (SSSR count). The average molecular weight is 831 g/mol. The van der Waals surface area contributed by atoms with Gasteiger partial charge in [-0.15, -0.1) is 0 Å². The maximum absolute atomic E-state index is 12.9. The normalized spacial score (nSPS) is 34.5. The van der Waals surface area contributed by atoms with Crippen LogP contribution in [0.4, 0.5) is 0 Å². The zero-order valence-corrected chi connectivity index (χ0v) is 36.9. The zero-order chi connectivity index (χ0) is 43.5. The highest BCUT2D eigenvalue weighted by atomic mass is 16.5. The number of allylic oxidation sites excluding steroid dienone is 9. The summed E-state index contributed by atoms with van der Waals surface area (Å²) in [5, 5.41) is 62.8. The number of carbonyl (C=O) groups is 1. The van der Waals surface area contributed by atoms with Crippen LogP contribution in [0.5, 0.6) is 0 Å². The number of hydrogen-bond donors (Lipinski definition) is 7. The summed E-state index contributed by atoms with van der Waals surface area (Å²) in [5.41, 5.74) is 4.85. The number of carbonyl (C=O) groups excluding carboxylic acids is 1. The van der Waals surface area contributed by atoms with E-state index in [1.165, 1.54) is 16.7 Å². The Hall–Kier alpha value is -3.03. The van der Waals surface area contributed by atoms with Crippen molar-refractivity contribution in [1.29, 1.82) is 0 Å². The summed E-state index contributed by atoms with van der Waals surface area (Å²) in [6, 6.07) is 8.86. The van der Waals surface area contributed by atoms with Crippen molar-refractivity contribution in [2.24, 2.45) is 35.0 Å². The van der Waals surface area contributed by atoms with Gasteiger partial charge in [0, 0.05) is 49.7 Å². The minimum Gasteiger partial charge on any atom is -0.396 e. The summed E-state index contributed by atoms with van der Waals surface area (Å²) < 4.78 is 11.5. The number of hydrogen-bond acceptors (Lipinski definition) is 10. The molecule has 10 nitrogen and oxygen atoms in total. The van der Waals surface area contributed by atoms with Crippen molar-refractivity contribution in [3.05, 3.63) is 106 Å². The van der Waals surface area contributed by atoms with Crippen LogP contribution in [0.25, 0.3) is 0 Å². The van der Waals surface area contributed by atoms with E-state index in [0.29, 0.717) is 50.8 Å². The third-order valence-corrected chi connectivity index (χ3v) is 14.3. The van der Waals surface area contributed by atoms with Crippen molar-refractivity contribution >= 4 is 6.29 Å². The quantitative estimate of drug-likeness (QED) is 0.0445. The standard InChI is InChI=1S/C50H74N2O8/c1-34-13-14-40(26-37-10-8-11-38(25-37)27-48(4,52-29-34)21-24-59-6)35(2)9-7-12-42(32-60-33-43(56)31-55)44-17-19-50(47(44)57)46-39(18-23-53)15-16-41(45(46)36(3)30-54)28-49(50,58)20-22-51-5/h7-13,15-16,25,30,39-41,43-44,46-47,51-53,55-58H,2,14,17-24,26-29,31-33H2,1,3-6H3/b9-7+,34-13+,42-12-,45-36?/t39-,40-,41-,43+,44-,46-,47+,48-,49+,50+/m0/s1. The third kappa shape index (κ3) is 10.9. The molecule has 1 aromatic carbocycles. The van der Waals surface area contributed by atoms with Crippen molar-refractivity contribution in [2.75, 3.05) is 60.3 Å². The summed E-state index contributed by atoms with van der Waals surface area (Å²) in [4.78, 5) is 12.4. The van der Waals surface area contributed by atoms with Crippen LogP contribution in [0.1, 0.15) is 76.8 Å². The Morgan fingerprint density at radius 2 is 1.97 bits per heavy atom. The number of rotatable bonds is 18. The first kappa shape index (κ1) is 48.0. The molecule has 2 saturated carbocycles. The van der Waals surface area contributed by atoms with E-state index >= 15 is 0 Å². The number of ether oxygens (including phenoxy) is 2. The fourth-order valence-electron chi connectivity index (χ4n) is 11.0. The second kappa shape index (κ2) is 21.9. The second-order valence-corrected chi connectivity index (χ2v) is 18.5. The van der Waals surface area contributed by atoms with Gasteiger partial charge in [0.25, 0.3) is 0 Å². The van der Waals surface area contributed by atoms with Gasteiger partial charge in [0.1, 0.15) is 12.4 Å². The summed E-state index contributed by atoms with van der Waals surface area (Å²) in [5.74, 6) is -0.916. The molecule has 7 N–H and O–H groups in total. The number of benzene rings is 1. The predicted octanol–water partition coefficient (Wildman–Crippen LogP) is 5.35. The topological polar surface area (TPSA) is 161 Å². The van der Waals surface area contributed by atoms with Crippen molar-refractivity contribution in [2.45, 2.75) is 102 Å². The van der Waals surface area contributed by atoms with E-state index < -0.39 is 35.7 Å². The smallest absolute Gasteiger partial charge is 0.145 e. The van der Waals surface area contributed by atoms with E-state index in [2.05, 4.69) is 79.6 Å². The Morgan fingerprint density at radius 3 is 2.68 bits per heavy atom. The van der Waals surface area contributed by atoms with Crippen molar-refractivity contribution in [3.8, 4) is 0 Å².